The molecule has 15 heavy (non-hydrogen) atoms. The zero-order chi connectivity index (χ0) is 11.3. The van der Waals surface area contributed by atoms with Crippen LogP contribution in [0.1, 0.15) is 19.4 Å². The topological polar surface area (TPSA) is 50.1 Å². The molecule has 0 bridgehead atoms. The molecule has 1 atom stereocenters. The number of nitriles is 1. The Labute approximate surface area is 89.3 Å². The Balaban J connectivity index is 2.66. The van der Waals surface area contributed by atoms with Crippen molar-refractivity contribution in [3.8, 4) is 11.8 Å². The third-order valence-corrected chi connectivity index (χ3v) is 2.10. The first kappa shape index (κ1) is 11.3. The number of esters is 1. The second kappa shape index (κ2) is 5.16. The fraction of sp³-hybridized carbons (Fsp3) is 0.333. The number of rotatable bonds is 3. The number of nitrogens with zero attached hydrogens (tertiary/aromatic N) is 1. The van der Waals surface area contributed by atoms with Crippen LogP contribution in [-0.2, 0) is 11.2 Å². The van der Waals surface area contributed by atoms with Crippen LogP contribution in [0.15, 0.2) is 24.3 Å². The van der Waals surface area contributed by atoms with Gasteiger partial charge in [0, 0.05) is 0 Å². The number of benzene rings is 1. The van der Waals surface area contributed by atoms with E-state index in [0.717, 1.165) is 6.42 Å². The molecule has 0 amide bonds. The third kappa shape index (κ3) is 3.10. The van der Waals surface area contributed by atoms with Crippen molar-refractivity contribution in [1.82, 2.24) is 0 Å². The van der Waals surface area contributed by atoms with Crippen molar-refractivity contribution in [2.45, 2.75) is 20.3 Å². The molecule has 78 valence electrons. The van der Waals surface area contributed by atoms with Crippen molar-refractivity contribution in [2.75, 3.05) is 0 Å². The molecule has 3 nitrogen and oxygen atoms in total. The SMILES string of the molecule is CCc1ccc(OC(=O)C(C)C#N)cc1. The highest BCUT2D eigenvalue weighted by atomic mass is 16.5. The molecule has 0 aliphatic rings. The smallest absolute Gasteiger partial charge is 0.328 e. The van der Waals surface area contributed by atoms with Gasteiger partial charge in [-0.3, -0.25) is 4.79 Å². The van der Waals surface area contributed by atoms with Gasteiger partial charge in [0.25, 0.3) is 0 Å². The molecule has 1 unspecified atom stereocenters. The number of ether oxygens (including phenoxy) is 1. The van der Waals surface area contributed by atoms with Crippen molar-refractivity contribution >= 4 is 5.97 Å². The minimum absolute atomic E-state index is 0.485. The molecule has 0 spiro atoms. The highest BCUT2D eigenvalue weighted by Gasteiger charge is 2.13. The summed E-state index contributed by atoms with van der Waals surface area (Å²) in [5.41, 5.74) is 1.18. The van der Waals surface area contributed by atoms with E-state index in [1.807, 2.05) is 18.2 Å². The van der Waals surface area contributed by atoms with Crippen LogP contribution in [0.2, 0.25) is 0 Å². The van der Waals surface area contributed by atoms with Crippen molar-refractivity contribution < 1.29 is 9.53 Å². The van der Waals surface area contributed by atoms with E-state index in [0.29, 0.717) is 5.75 Å². The van der Waals surface area contributed by atoms with Gasteiger partial charge < -0.3 is 4.74 Å². The maximum Gasteiger partial charge on any atom is 0.328 e. The molecule has 0 saturated carbocycles. The Bertz CT molecular complexity index is 376. The van der Waals surface area contributed by atoms with E-state index in [9.17, 15) is 4.79 Å². The third-order valence-electron chi connectivity index (χ3n) is 2.10. The summed E-state index contributed by atoms with van der Waals surface area (Å²) in [6.07, 6.45) is 0.947. The monoisotopic (exact) mass is 203 g/mol. The van der Waals surface area contributed by atoms with E-state index in [1.54, 1.807) is 12.1 Å². The lowest BCUT2D eigenvalue weighted by Gasteiger charge is -2.05. The van der Waals surface area contributed by atoms with Crippen LogP contribution in [0, 0.1) is 17.2 Å². The summed E-state index contributed by atoms with van der Waals surface area (Å²) < 4.78 is 5.01. The van der Waals surface area contributed by atoms with Crippen molar-refractivity contribution in [2.24, 2.45) is 5.92 Å². The molecular weight excluding hydrogens is 190 g/mol. The van der Waals surface area contributed by atoms with Gasteiger partial charge in [-0.25, -0.2) is 0 Å². The molecule has 0 aromatic heterocycles. The molecule has 0 saturated heterocycles. The quantitative estimate of drug-likeness (QED) is 0.559. The van der Waals surface area contributed by atoms with Crippen LogP contribution >= 0.6 is 0 Å². The zero-order valence-electron chi connectivity index (χ0n) is 8.86. The van der Waals surface area contributed by atoms with Gasteiger partial charge in [-0.05, 0) is 31.0 Å². The van der Waals surface area contributed by atoms with Gasteiger partial charge in [0.1, 0.15) is 11.7 Å². The molecule has 1 aromatic rings. The van der Waals surface area contributed by atoms with E-state index in [1.165, 1.54) is 12.5 Å². The molecular formula is C12H13NO2. The number of carbonyl (C=O) groups excluding carboxylic acids is 1. The summed E-state index contributed by atoms with van der Waals surface area (Å²) in [5.74, 6) is -0.753. The molecule has 0 fully saturated rings. The van der Waals surface area contributed by atoms with Gasteiger partial charge >= 0.3 is 5.97 Å². The number of hydrogen-bond donors (Lipinski definition) is 0. The Morgan fingerprint density at radius 1 is 1.47 bits per heavy atom. The molecule has 1 aromatic carbocycles. The van der Waals surface area contributed by atoms with E-state index < -0.39 is 11.9 Å². The molecule has 3 heteroatoms. The average Bonchev–Trinajstić information content (AvgIpc) is 2.29. The predicted molar refractivity (Wildman–Crippen MR) is 56.2 cm³/mol. The number of hydrogen-bond acceptors (Lipinski definition) is 3. The Morgan fingerprint density at radius 2 is 2.07 bits per heavy atom. The van der Waals surface area contributed by atoms with Crippen LogP contribution in [0.3, 0.4) is 0 Å². The minimum atomic E-state index is -0.726. The van der Waals surface area contributed by atoms with Gasteiger partial charge in [-0.2, -0.15) is 5.26 Å². The standard InChI is InChI=1S/C12H13NO2/c1-3-10-4-6-11(7-5-10)15-12(14)9(2)8-13/h4-7,9H,3H2,1-2H3. The summed E-state index contributed by atoms with van der Waals surface area (Å²) in [5, 5.41) is 8.51. The maximum atomic E-state index is 11.3. The normalized spacial score (nSPS) is 11.5. The Kier molecular flexibility index (Phi) is 3.87. The molecule has 0 radical (unpaired) electrons. The van der Waals surface area contributed by atoms with Crippen molar-refractivity contribution in [3.63, 3.8) is 0 Å². The van der Waals surface area contributed by atoms with Crippen molar-refractivity contribution in [3.05, 3.63) is 29.8 Å². The molecule has 0 aliphatic heterocycles. The summed E-state index contributed by atoms with van der Waals surface area (Å²) in [6, 6.07) is 9.11. The Morgan fingerprint density at radius 3 is 2.53 bits per heavy atom. The Hall–Kier alpha value is -1.82. The zero-order valence-corrected chi connectivity index (χ0v) is 8.86. The largest absolute Gasteiger partial charge is 0.426 e. The molecule has 0 aliphatic carbocycles. The number of aryl methyl sites for hydroxylation is 1. The van der Waals surface area contributed by atoms with Gasteiger partial charge in [0.05, 0.1) is 6.07 Å². The van der Waals surface area contributed by atoms with E-state index >= 15 is 0 Å². The van der Waals surface area contributed by atoms with Crippen LogP contribution < -0.4 is 4.74 Å². The summed E-state index contributed by atoms with van der Waals surface area (Å²) in [6.45, 7) is 3.57. The highest BCUT2D eigenvalue weighted by Crippen LogP contribution is 2.13. The summed E-state index contributed by atoms with van der Waals surface area (Å²) >= 11 is 0. The molecule has 1 rings (SSSR count). The van der Waals surface area contributed by atoms with Crippen molar-refractivity contribution in [1.29, 1.82) is 5.26 Å². The first-order chi connectivity index (χ1) is 7.17. The van der Waals surface area contributed by atoms with Crippen LogP contribution in [0.4, 0.5) is 0 Å². The van der Waals surface area contributed by atoms with Gasteiger partial charge in [-0.15, -0.1) is 0 Å². The first-order valence-electron chi connectivity index (χ1n) is 4.87. The summed E-state index contributed by atoms with van der Waals surface area (Å²) in [4.78, 5) is 11.3. The highest BCUT2D eigenvalue weighted by molar-refractivity contribution is 5.77. The van der Waals surface area contributed by atoms with Gasteiger partial charge in [0.15, 0.2) is 0 Å². The van der Waals surface area contributed by atoms with E-state index in [2.05, 4.69) is 6.92 Å². The minimum Gasteiger partial charge on any atom is -0.426 e. The lowest BCUT2D eigenvalue weighted by atomic mass is 10.2. The van der Waals surface area contributed by atoms with Gasteiger partial charge in [-0.1, -0.05) is 19.1 Å². The summed E-state index contributed by atoms with van der Waals surface area (Å²) in [7, 11) is 0. The lowest BCUT2D eigenvalue weighted by Crippen LogP contribution is -2.16. The molecule has 0 heterocycles. The van der Waals surface area contributed by atoms with E-state index in [-0.39, 0.29) is 0 Å². The molecule has 0 N–H and O–H groups in total. The van der Waals surface area contributed by atoms with Crippen LogP contribution in [-0.4, -0.2) is 5.97 Å². The van der Waals surface area contributed by atoms with Gasteiger partial charge in [0.2, 0.25) is 0 Å². The fourth-order valence-corrected chi connectivity index (χ4v) is 1.05. The second-order valence-corrected chi connectivity index (χ2v) is 3.27. The number of carbonyl (C=O) groups is 1. The van der Waals surface area contributed by atoms with Crippen LogP contribution in [0.5, 0.6) is 5.75 Å². The van der Waals surface area contributed by atoms with E-state index in [4.69, 9.17) is 10.00 Å². The van der Waals surface area contributed by atoms with Crippen LogP contribution in [0.25, 0.3) is 0 Å². The first-order valence-corrected chi connectivity index (χ1v) is 4.87. The fourth-order valence-electron chi connectivity index (χ4n) is 1.05. The maximum absolute atomic E-state index is 11.3. The lowest BCUT2D eigenvalue weighted by molar-refractivity contribution is -0.136. The predicted octanol–water partition coefficient (Wildman–Crippen LogP) is 2.31. The average molecular weight is 203 g/mol. The second-order valence-electron chi connectivity index (χ2n) is 3.27.